The molecule has 0 saturated carbocycles. The van der Waals surface area contributed by atoms with Gasteiger partial charge in [0.1, 0.15) is 6.33 Å². The van der Waals surface area contributed by atoms with Gasteiger partial charge in [0.2, 0.25) is 0 Å². The lowest BCUT2D eigenvalue weighted by atomic mass is 9.83. The van der Waals surface area contributed by atoms with Gasteiger partial charge >= 0.3 is 0 Å². The lowest BCUT2D eigenvalue weighted by molar-refractivity contribution is -0.0148. The average molecular weight is 296 g/mol. The second kappa shape index (κ2) is 5.65. The van der Waals surface area contributed by atoms with Gasteiger partial charge in [-0.1, -0.05) is 0 Å². The van der Waals surface area contributed by atoms with Crippen LogP contribution < -0.4 is 4.90 Å². The maximum absolute atomic E-state index is 6.23. The quantitative estimate of drug-likeness (QED) is 0.852. The van der Waals surface area contributed by atoms with Gasteiger partial charge < -0.3 is 9.64 Å². The van der Waals surface area contributed by atoms with E-state index >= 15 is 0 Å². The Hall–Kier alpha value is -2.01. The van der Waals surface area contributed by atoms with Crippen LogP contribution in [0.15, 0.2) is 43.2 Å². The van der Waals surface area contributed by atoms with Gasteiger partial charge in [-0.2, -0.15) is 0 Å². The van der Waals surface area contributed by atoms with Gasteiger partial charge in [-0.3, -0.25) is 4.98 Å². The summed E-state index contributed by atoms with van der Waals surface area (Å²) in [4.78, 5) is 14.9. The number of aromatic nitrogens is 3. The number of piperidine rings is 1. The van der Waals surface area contributed by atoms with Crippen molar-refractivity contribution >= 4 is 5.69 Å². The summed E-state index contributed by atoms with van der Waals surface area (Å²) in [7, 11) is 0. The Morgan fingerprint density at radius 2 is 1.91 bits per heavy atom. The maximum atomic E-state index is 6.23. The molecule has 2 aliphatic heterocycles. The summed E-state index contributed by atoms with van der Waals surface area (Å²) in [6.07, 6.45) is 12.4. The van der Waals surface area contributed by atoms with E-state index in [1.165, 1.54) is 11.3 Å². The predicted octanol–water partition coefficient (Wildman–Crippen LogP) is 2.41. The lowest BCUT2D eigenvalue weighted by Crippen LogP contribution is -2.44. The minimum absolute atomic E-state index is 0.0409. The van der Waals surface area contributed by atoms with E-state index in [0.29, 0.717) is 5.92 Å². The van der Waals surface area contributed by atoms with E-state index in [1.54, 1.807) is 6.33 Å². The van der Waals surface area contributed by atoms with Gasteiger partial charge in [0.15, 0.2) is 0 Å². The highest BCUT2D eigenvalue weighted by Gasteiger charge is 2.43. The number of hydrogen-bond donors (Lipinski definition) is 0. The number of rotatable bonds is 2. The zero-order chi connectivity index (χ0) is 14.8. The van der Waals surface area contributed by atoms with Gasteiger partial charge in [-0.25, -0.2) is 9.97 Å². The summed E-state index contributed by atoms with van der Waals surface area (Å²) < 4.78 is 6.23. The van der Waals surface area contributed by atoms with Crippen molar-refractivity contribution in [3.05, 3.63) is 48.8 Å². The van der Waals surface area contributed by atoms with Gasteiger partial charge in [0.25, 0.3) is 0 Å². The number of ether oxygens (including phenoxy) is 1. The first-order valence-electron chi connectivity index (χ1n) is 7.89. The van der Waals surface area contributed by atoms with Crippen molar-refractivity contribution < 1.29 is 4.74 Å². The van der Waals surface area contributed by atoms with E-state index < -0.39 is 0 Å². The molecule has 5 heteroatoms. The van der Waals surface area contributed by atoms with Crippen LogP contribution in [0.3, 0.4) is 0 Å². The Labute approximate surface area is 130 Å². The molecule has 1 unspecified atom stereocenters. The van der Waals surface area contributed by atoms with Gasteiger partial charge in [-0.05, 0) is 37.0 Å². The smallest absolute Gasteiger partial charge is 0.115 e. The van der Waals surface area contributed by atoms with E-state index in [9.17, 15) is 0 Å². The number of hydrogen-bond acceptors (Lipinski definition) is 5. The van der Waals surface area contributed by atoms with Crippen LogP contribution in [0, 0.1) is 0 Å². The fourth-order valence-electron chi connectivity index (χ4n) is 3.64. The Morgan fingerprint density at radius 3 is 2.64 bits per heavy atom. The Kier molecular flexibility index (Phi) is 3.50. The van der Waals surface area contributed by atoms with Gasteiger partial charge in [0, 0.05) is 37.6 Å². The van der Waals surface area contributed by atoms with E-state index in [-0.39, 0.29) is 5.60 Å². The monoisotopic (exact) mass is 296 g/mol. The molecule has 0 bridgehead atoms. The summed E-state index contributed by atoms with van der Waals surface area (Å²) in [6.45, 7) is 2.85. The fraction of sp³-hybridized carbons (Fsp3) is 0.471. The summed E-state index contributed by atoms with van der Waals surface area (Å²) in [6, 6.07) is 4.13. The van der Waals surface area contributed by atoms with Crippen molar-refractivity contribution in [3.8, 4) is 0 Å². The third-order valence-corrected chi connectivity index (χ3v) is 4.95. The normalized spacial score (nSPS) is 23.8. The number of nitrogens with zero attached hydrogens (tertiary/aromatic N) is 4. The minimum atomic E-state index is 0.0409. The standard InChI is InChI=1S/C17H20N4O/c1-2-16(11-18-5-1)21-6-3-17(4-7-21)8-14(12-22-17)15-9-19-13-20-10-15/h1-2,5,9-11,13-14H,3-4,6-8,12H2. The van der Waals surface area contributed by atoms with Crippen LogP contribution in [0.2, 0.25) is 0 Å². The maximum Gasteiger partial charge on any atom is 0.115 e. The van der Waals surface area contributed by atoms with Crippen LogP contribution in [0.25, 0.3) is 0 Å². The SMILES string of the molecule is c1cncc(N2CCC3(CC2)CC(c2cncnc2)CO3)c1. The molecule has 114 valence electrons. The molecule has 4 heterocycles. The topological polar surface area (TPSA) is 51.1 Å². The van der Waals surface area contributed by atoms with Crippen molar-refractivity contribution in [2.45, 2.75) is 30.8 Å². The van der Waals surface area contributed by atoms with Gasteiger partial charge in [0.05, 0.1) is 24.1 Å². The van der Waals surface area contributed by atoms with Crippen molar-refractivity contribution in [1.29, 1.82) is 0 Å². The Balaban J connectivity index is 1.41. The molecule has 0 amide bonds. The van der Waals surface area contributed by atoms with Crippen LogP contribution in [0.5, 0.6) is 0 Å². The lowest BCUT2D eigenvalue weighted by Gasteiger charge is -2.39. The molecule has 5 nitrogen and oxygen atoms in total. The third-order valence-electron chi connectivity index (χ3n) is 4.95. The molecule has 22 heavy (non-hydrogen) atoms. The van der Waals surface area contributed by atoms with E-state index in [1.807, 2.05) is 30.9 Å². The van der Waals surface area contributed by atoms with Crippen molar-refractivity contribution in [1.82, 2.24) is 15.0 Å². The Bertz CT molecular complexity index is 611. The molecule has 0 radical (unpaired) electrons. The summed E-state index contributed by atoms with van der Waals surface area (Å²) in [5.41, 5.74) is 2.46. The Morgan fingerprint density at radius 1 is 1.09 bits per heavy atom. The summed E-state index contributed by atoms with van der Waals surface area (Å²) >= 11 is 0. The predicted molar refractivity (Wildman–Crippen MR) is 83.8 cm³/mol. The summed E-state index contributed by atoms with van der Waals surface area (Å²) in [5.74, 6) is 0.436. The van der Waals surface area contributed by atoms with Crippen LogP contribution in [-0.2, 0) is 4.74 Å². The first-order chi connectivity index (χ1) is 10.8. The zero-order valence-electron chi connectivity index (χ0n) is 12.6. The number of anilines is 1. The van der Waals surface area contributed by atoms with Crippen LogP contribution in [0.1, 0.15) is 30.7 Å². The van der Waals surface area contributed by atoms with E-state index in [2.05, 4.69) is 25.9 Å². The molecule has 1 spiro atoms. The highest BCUT2D eigenvalue weighted by Crippen LogP contribution is 2.42. The van der Waals surface area contributed by atoms with E-state index in [4.69, 9.17) is 4.74 Å². The molecule has 0 aliphatic carbocycles. The van der Waals surface area contributed by atoms with E-state index in [0.717, 1.165) is 39.0 Å². The van der Waals surface area contributed by atoms with Crippen LogP contribution in [-0.4, -0.2) is 40.2 Å². The third kappa shape index (κ3) is 2.57. The van der Waals surface area contributed by atoms with Crippen LogP contribution >= 0.6 is 0 Å². The zero-order valence-corrected chi connectivity index (χ0v) is 12.6. The van der Waals surface area contributed by atoms with Crippen molar-refractivity contribution in [2.24, 2.45) is 0 Å². The second-order valence-electron chi connectivity index (χ2n) is 6.27. The molecular weight excluding hydrogens is 276 g/mol. The van der Waals surface area contributed by atoms with Crippen molar-refractivity contribution in [3.63, 3.8) is 0 Å². The molecule has 2 aromatic rings. The molecule has 4 rings (SSSR count). The average Bonchev–Trinajstić information content (AvgIpc) is 3.01. The molecule has 2 saturated heterocycles. The van der Waals surface area contributed by atoms with Gasteiger partial charge in [-0.15, -0.1) is 0 Å². The first kappa shape index (κ1) is 13.6. The van der Waals surface area contributed by atoms with Crippen molar-refractivity contribution in [2.75, 3.05) is 24.6 Å². The number of pyridine rings is 1. The summed E-state index contributed by atoms with van der Waals surface area (Å²) in [5, 5.41) is 0. The molecule has 1 atom stereocenters. The van der Waals surface area contributed by atoms with Crippen LogP contribution in [0.4, 0.5) is 5.69 Å². The largest absolute Gasteiger partial charge is 0.374 e. The molecule has 0 aromatic carbocycles. The molecule has 0 N–H and O–H groups in total. The fourth-order valence-corrected chi connectivity index (χ4v) is 3.64. The minimum Gasteiger partial charge on any atom is -0.374 e. The molecule has 2 aromatic heterocycles. The molecule has 2 fully saturated rings. The second-order valence-corrected chi connectivity index (χ2v) is 6.27. The molecule has 2 aliphatic rings. The molecular formula is C17H20N4O. The highest BCUT2D eigenvalue weighted by atomic mass is 16.5. The first-order valence-corrected chi connectivity index (χ1v) is 7.89. The highest BCUT2D eigenvalue weighted by molar-refractivity contribution is 5.44.